The first kappa shape index (κ1) is 14.5. The number of amides is 1. The van der Waals surface area contributed by atoms with Crippen molar-refractivity contribution in [2.24, 2.45) is 7.05 Å². The molecule has 0 aliphatic heterocycles. The average Bonchev–Trinajstić information content (AvgIpc) is 2.61. The van der Waals surface area contributed by atoms with E-state index in [2.05, 4.69) is 10.4 Å². The summed E-state index contributed by atoms with van der Waals surface area (Å²) in [5.74, 6) is -0.309. The van der Waals surface area contributed by atoms with Gasteiger partial charge in [0.1, 0.15) is 5.69 Å². The molecule has 0 aliphatic rings. The van der Waals surface area contributed by atoms with Crippen LogP contribution in [0.1, 0.15) is 43.4 Å². The lowest BCUT2D eigenvalue weighted by Gasteiger charge is -2.21. The van der Waals surface area contributed by atoms with Gasteiger partial charge in [0.15, 0.2) is 0 Å². The molecule has 1 amide bonds. The van der Waals surface area contributed by atoms with Crippen LogP contribution >= 0.6 is 0 Å². The highest BCUT2D eigenvalue weighted by atomic mass is 16.3. The Kier molecular flexibility index (Phi) is 4.34. The summed E-state index contributed by atoms with van der Waals surface area (Å²) in [7, 11) is 1.68. The maximum absolute atomic E-state index is 12.0. The Morgan fingerprint density at radius 2 is 2.17 bits per heavy atom. The monoisotopic (exact) mass is 254 g/mol. The largest absolute Gasteiger partial charge is 0.395 e. The Labute approximate surface area is 107 Å². The molecule has 1 aromatic heterocycles. The van der Waals surface area contributed by atoms with Gasteiger partial charge in [-0.15, -0.1) is 0 Å². The number of nitrogens with zero attached hydrogens (tertiary/aromatic N) is 2. The van der Waals surface area contributed by atoms with Crippen molar-refractivity contribution in [2.75, 3.05) is 12.3 Å². The number of aryl methyl sites for hydroxylation is 2. The molecule has 0 fully saturated rings. The van der Waals surface area contributed by atoms with E-state index < -0.39 is 5.60 Å². The van der Waals surface area contributed by atoms with Crippen molar-refractivity contribution in [3.8, 4) is 0 Å². The summed E-state index contributed by atoms with van der Waals surface area (Å²) >= 11 is 0. The molecule has 0 bridgehead atoms. The van der Waals surface area contributed by atoms with E-state index in [1.54, 1.807) is 14.0 Å². The van der Waals surface area contributed by atoms with E-state index in [0.717, 1.165) is 0 Å². The molecule has 102 valence electrons. The zero-order chi connectivity index (χ0) is 13.9. The number of aromatic nitrogens is 2. The number of aliphatic hydroxyl groups is 1. The standard InChI is InChI=1S/C12H22N4O2/c1-5-8-9(13)10(16(4)15-8)11(17)14-7-12(3,18)6-2/h18H,5-7,13H2,1-4H3,(H,14,17). The van der Waals surface area contributed by atoms with Crippen molar-refractivity contribution in [2.45, 2.75) is 39.2 Å². The Morgan fingerprint density at radius 3 is 2.61 bits per heavy atom. The van der Waals surface area contributed by atoms with Gasteiger partial charge in [0, 0.05) is 13.6 Å². The SMILES string of the molecule is CCc1nn(C)c(C(=O)NCC(C)(O)CC)c1N. The van der Waals surface area contributed by atoms with E-state index in [1.807, 2.05) is 13.8 Å². The second kappa shape index (κ2) is 5.39. The fourth-order valence-corrected chi connectivity index (χ4v) is 1.61. The maximum atomic E-state index is 12.0. The van der Waals surface area contributed by atoms with Crippen molar-refractivity contribution in [1.29, 1.82) is 0 Å². The van der Waals surface area contributed by atoms with Crippen molar-refractivity contribution >= 4 is 11.6 Å². The molecule has 0 aromatic carbocycles. The van der Waals surface area contributed by atoms with Crippen LogP contribution in [0.15, 0.2) is 0 Å². The molecule has 4 N–H and O–H groups in total. The minimum atomic E-state index is -0.906. The molecule has 0 saturated heterocycles. The van der Waals surface area contributed by atoms with Crippen LogP contribution in [0.25, 0.3) is 0 Å². The van der Waals surface area contributed by atoms with Crippen molar-refractivity contribution < 1.29 is 9.90 Å². The summed E-state index contributed by atoms with van der Waals surface area (Å²) in [6.45, 7) is 5.66. The second-order valence-corrected chi connectivity index (χ2v) is 4.72. The predicted molar refractivity (Wildman–Crippen MR) is 70.2 cm³/mol. The first-order chi connectivity index (χ1) is 8.32. The molecule has 1 rings (SSSR count). The molecule has 1 aromatic rings. The Morgan fingerprint density at radius 1 is 1.56 bits per heavy atom. The molecular formula is C12H22N4O2. The van der Waals surface area contributed by atoms with Gasteiger partial charge in [-0.25, -0.2) is 0 Å². The van der Waals surface area contributed by atoms with Crippen LogP contribution < -0.4 is 11.1 Å². The number of carbonyl (C=O) groups is 1. The fraction of sp³-hybridized carbons (Fsp3) is 0.667. The number of hydrogen-bond acceptors (Lipinski definition) is 4. The molecule has 0 radical (unpaired) electrons. The van der Waals surface area contributed by atoms with Gasteiger partial charge in [-0.1, -0.05) is 13.8 Å². The molecule has 18 heavy (non-hydrogen) atoms. The van der Waals surface area contributed by atoms with Gasteiger partial charge in [-0.3, -0.25) is 9.48 Å². The summed E-state index contributed by atoms with van der Waals surface area (Å²) in [4.78, 5) is 12.0. The second-order valence-electron chi connectivity index (χ2n) is 4.72. The van der Waals surface area contributed by atoms with Gasteiger partial charge in [0.05, 0.1) is 17.0 Å². The molecule has 0 spiro atoms. The lowest BCUT2D eigenvalue weighted by molar-refractivity contribution is 0.0516. The average molecular weight is 254 g/mol. The van der Waals surface area contributed by atoms with Crippen LogP contribution in [0.2, 0.25) is 0 Å². The maximum Gasteiger partial charge on any atom is 0.271 e. The highest BCUT2D eigenvalue weighted by Gasteiger charge is 2.22. The van der Waals surface area contributed by atoms with E-state index in [0.29, 0.717) is 29.9 Å². The van der Waals surface area contributed by atoms with Crippen molar-refractivity contribution in [3.63, 3.8) is 0 Å². The Hall–Kier alpha value is -1.56. The van der Waals surface area contributed by atoms with Crippen molar-refractivity contribution in [1.82, 2.24) is 15.1 Å². The van der Waals surface area contributed by atoms with Gasteiger partial charge in [-0.05, 0) is 19.8 Å². The molecule has 0 aliphatic carbocycles. The van der Waals surface area contributed by atoms with Gasteiger partial charge in [-0.2, -0.15) is 5.10 Å². The number of nitrogen functional groups attached to an aromatic ring is 1. The van der Waals surface area contributed by atoms with Crippen LogP contribution in [0.3, 0.4) is 0 Å². The number of nitrogens with two attached hydrogens (primary N) is 1. The van der Waals surface area contributed by atoms with E-state index in [-0.39, 0.29) is 12.5 Å². The summed E-state index contributed by atoms with van der Waals surface area (Å²) in [6, 6.07) is 0. The molecule has 1 atom stereocenters. The van der Waals surface area contributed by atoms with Crippen LogP contribution in [0.4, 0.5) is 5.69 Å². The summed E-state index contributed by atoms with van der Waals surface area (Å²) in [5, 5.41) is 16.7. The van der Waals surface area contributed by atoms with E-state index in [4.69, 9.17) is 5.73 Å². The molecule has 1 unspecified atom stereocenters. The molecule has 6 heteroatoms. The fourth-order valence-electron chi connectivity index (χ4n) is 1.61. The topological polar surface area (TPSA) is 93.2 Å². The number of hydrogen-bond donors (Lipinski definition) is 3. The Bertz CT molecular complexity index is 438. The number of anilines is 1. The summed E-state index contributed by atoms with van der Waals surface area (Å²) in [6.07, 6.45) is 1.24. The summed E-state index contributed by atoms with van der Waals surface area (Å²) < 4.78 is 1.48. The van der Waals surface area contributed by atoms with Gasteiger partial charge in [0.2, 0.25) is 0 Å². The first-order valence-electron chi connectivity index (χ1n) is 6.14. The van der Waals surface area contributed by atoms with E-state index in [1.165, 1.54) is 4.68 Å². The zero-order valence-corrected chi connectivity index (χ0v) is 11.4. The molecule has 0 saturated carbocycles. The summed E-state index contributed by atoms with van der Waals surface area (Å²) in [5.41, 5.74) is 6.44. The van der Waals surface area contributed by atoms with Gasteiger partial charge < -0.3 is 16.2 Å². The lowest BCUT2D eigenvalue weighted by atomic mass is 10.0. The minimum Gasteiger partial charge on any atom is -0.395 e. The molecule has 1 heterocycles. The van der Waals surface area contributed by atoms with Crippen LogP contribution in [0.5, 0.6) is 0 Å². The van der Waals surface area contributed by atoms with Crippen LogP contribution in [-0.2, 0) is 13.5 Å². The number of nitrogens with one attached hydrogen (secondary N) is 1. The predicted octanol–water partition coefficient (Wildman–Crippen LogP) is 0.456. The van der Waals surface area contributed by atoms with E-state index >= 15 is 0 Å². The lowest BCUT2D eigenvalue weighted by Crippen LogP contribution is -2.40. The molecule has 6 nitrogen and oxygen atoms in total. The number of carbonyl (C=O) groups excluding carboxylic acids is 1. The zero-order valence-electron chi connectivity index (χ0n) is 11.4. The third-order valence-electron chi connectivity index (χ3n) is 3.10. The normalized spacial score (nSPS) is 14.3. The quantitative estimate of drug-likeness (QED) is 0.711. The highest BCUT2D eigenvalue weighted by Crippen LogP contribution is 2.17. The Balaban J connectivity index is 2.82. The van der Waals surface area contributed by atoms with E-state index in [9.17, 15) is 9.90 Å². The van der Waals surface area contributed by atoms with Gasteiger partial charge in [0.25, 0.3) is 5.91 Å². The van der Waals surface area contributed by atoms with Crippen molar-refractivity contribution in [3.05, 3.63) is 11.4 Å². The number of rotatable bonds is 5. The van der Waals surface area contributed by atoms with Crippen LogP contribution in [-0.4, -0.2) is 32.9 Å². The smallest absolute Gasteiger partial charge is 0.271 e. The first-order valence-corrected chi connectivity index (χ1v) is 6.14. The van der Waals surface area contributed by atoms with Crippen LogP contribution in [0, 0.1) is 0 Å². The third kappa shape index (κ3) is 3.01. The third-order valence-corrected chi connectivity index (χ3v) is 3.10. The minimum absolute atomic E-state index is 0.189. The highest BCUT2D eigenvalue weighted by molar-refractivity contribution is 5.98. The molecular weight excluding hydrogens is 232 g/mol. The van der Waals surface area contributed by atoms with Gasteiger partial charge >= 0.3 is 0 Å².